The molecule has 4 nitrogen and oxygen atoms in total. The van der Waals surface area contributed by atoms with Crippen molar-refractivity contribution in [2.75, 3.05) is 11.9 Å². The van der Waals surface area contributed by atoms with E-state index in [0.29, 0.717) is 16.3 Å². The van der Waals surface area contributed by atoms with Gasteiger partial charge in [0, 0.05) is 12.7 Å². The third-order valence-corrected chi connectivity index (χ3v) is 6.10. The van der Waals surface area contributed by atoms with Gasteiger partial charge in [0.2, 0.25) is 0 Å². The first-order valence-electron chi connectivity index (χ1n) is 8.27. The summed E-state index contributed by atoms with van der Waals surface area (Å²) in [5.74, 6) is 2.72. The fourth-order valence-electron chi connectivity index (χ4n) is 5.42. The van der Waals surface area contributed by atoms with Gasteiger partial charge in [-0.3, -0.25) is 0 Å². The summed E-state index contributed by atoms with van der Waals surface area (Å²) in [5, 5.41) is 6.20. The van der Waals surface area contributed by atoms with Crippen LogP contribution in [0, 0.1) is 23.2 Å². The number of nitrogens with one attached hydrogen (secondary N) is 2. The van der Waals surface area contributed by atoms with Crippen molar-refractivity contribution in [2.45, 2.75) is 38.5 Å². The Labute approximate surface area is 136 Å². The number of aromatic nitrogens is 1. The molecule has 0 atom stereocenters. The average molecular weight is 320 g/mol. The normalized spacial score (nSPS) is 35.4. The van der Waals surface area contributed by atoms with Crippen molar-refractivity contribution in [3.63, 3.8) is 0 Å². The molecule has 1 aromatic rings. The second kappa shape index (κ2) is 5.41. The highest BCUT2D eigenvalue weighted by Crippen LogP contribution is 2.59. The zero-order valence-corrected chi connectivity index (χ0v) is 13.4. The van der Waals surface area contributed by atoms with E-state index in [9.17, 15) is 4.79 Å². The molecule has 1 heterocycles. The number of nitrogens with zero attached hydrogens (tertiary/aromatic N) is 1. The van der Waals surface area contributed by atoms with E-state index in [1.807, 2.05) is 0 Å². The standard InChI is InChI=1S/C17H22ClN3O/c18-15-14(2-1-3-19-15)21-16(22)20-10-17-7-11-4-12(8-17)6-13(5-11)9-17/h1-3,11-13H,4-10H2,(H2,20,21,22). The lowest BCUT2D eigenvalue weighted by Gasteiger charge is -2.56. The summed E-state index contributed by atoms with van der Waals surface area (Å²) < 4.78 is 0. The molecule has 0 unspecified atom stereocenters. The van der Waals surface area contributed by atoms with Gasteiger partial charge in [-0.25, -0.2) is 9.78 Å². The fraction of sp³-hybridized carbons (Fsp3) is 0.647. The van der Waals surface area contributed by atoms with Crippen LogP contribution < -0.4 is 10.6 Å². The van der Waals surface area contributed by atoms with Crippen LogP contribution in [0.1, 0.15) is 38.5 Å². The molecule has 2 N–H and O–H groups in total. The van der Waals surface area contributed by atoms with Gasteiger partial charge in [-0.05, 0) is 73.8 Å². The molecule has 2 amide bonds. The van der Waals surface area contributed by atoms with Crippen LogP contribution in [-0.4, -0.2) is 17.6 Å². The molecule has 5 rings (SSSR count). The number of hydrogen-bond acceptors (Lipinski definition) is 2. The monoisotopic (exact) mass is 319 g/mol. The van der Waals surface area contributed by atoms with Gasteiger partial charge >= 0.3 is 6.03 Å². The number of amides is 2. The van der Waals surface area contributed by atoms with Gasteiger partial charge in [-0.1, -0.05) is 11.6 Å². The highest BCUT2D eigenvalue weighted by molar-refractivity contribution is 6.32. The predicted molar refractivity (Wildman–Crippen MR) is 86.9 cm³/mol. The Morgan fingerprint density at radius 3 is 2.45 bits per heavy atom. The van der Waals surface area contributed by atoms with E-state index in [4.69, 9.17) is 11.6 Å². The molecular formula is C17H22ClN3O. The molecule has 1 aromatic heterocycles. The summed E-state index contributed by atoms with van der Waals surface area (Å²) >= 11 is 5.97. The van der Waals surface area contributed by atoms with E-state index < -0.39 is 0 Å². The van der Waals surface area contributed by atoms with Crippen molar-refractivity contribution in [2.24, 2.45) is 23.2 Å². The van der Waals surface area contributed by atoms with Crippen LogP contribution >= 0.6 is 11.6 Å². The number of pyridine rings is 1. The van der Waals surface area contributed by atoms with Gasteiger partial charge < -0.3 is 10.6 Å². The highest BCUT2D eigenvalue weighted by atomic mass is 35.5. The molecule has 4 saturated carbocycles. The summed E-state index contributed by atoms with van der Waals surface area (Å²) in [6.07, 6.45) is 9.79. The van der Waals surface area contributed by atoms with Gasteiger partial charge in [0.05, 0.1) is 5.69 Å². The Bertz CT molecular complexity index is 554. The highest BCUT2D eigenvalue weighted by Gasteiger charge is 2.50. The maximum absolute atomic E-state index is 12.1. The molecule has 4 bridgehead atoms. The SMILES string of the molecule is O=C(NCC12CC3CC(CC(C3)C1)C2)Nc1cccnc1Cl. The zero-order valence-electron chi connectivity index (χ0n) is 12.6. The maximum atomic E-state index is 12.1. The van der Waals surface area contributed by atoms with E-state index in [-0.39, 0.29) is 6.03 Å². The lowest BCUT2D eigenvalue weighted by atomic mass is 9.49. The van der Waals surface area contributed by atoms with Crippen molar-refractivity contribution in [1.82, 2.24) is 10.3 Å². The summed E-state index contributed by atoms with van der Waals surface area (Å²) in [6, 6.07) is 3.35. The molecule has 4 aliphatic rings. The van der Waals surface area contributed by atoms with E-state index in [1.54, 1.807) is 18.3 Å². The molecule has 22 heavy (non-hydrogen) atoms. The minimum Gasteiger partial charge on any atom is -0.337 e. The van der Waals surface area contributed by atoms with E-state index in [1.165, 1.54) is 38.5 Å². The zero-order chi connectivity index (χ0) is 15.2. The largest absolute Gasteiger partial charge is 0.337 e. The van der Waals surface area contributed by atoms with Crippen LogP contribution in [-0.2, 0) is 0 Å². The maximum Gasteiger partial charge on any atom is 0.319 e. The Balaban J connectivity index is 1.37. The molecule has 0 aromatic carbocycles. The molecule has 0 saturated heterocycles. The van der Waals surface area contributed by atoms with Crippen molar-refractivity contribution in [3.05, 3.63) is 23.5 Å². The van der Waals surface area contributed by atoms with E-state index in [0.717, 1.165) is 24.3 Å². The Hall–Kier alpha value is -1.29. The van der Waals surface area contributed by atoms with Crippen LogP contribution in [0.15, 0.2) is 18.3 Å². The number of hydrogen-bond donors (Lipinski definition) is 2. The molecule has 4 aliphatic carbocycles. The van der Waals surface area contributed by atoms with Crippen LogP contribution in [0.2, 0.25) is 5.15 Å². The van der Waals surface area contributed by atoms with Crippen molar-refractivity contribution in [1.29, 1.82) is 0 Å². The van der Waals surface area contributed by atoms with Gasteiger partial charge in [0.25, 0.3) is 0 Å². The average Bonchev–Trinajstić information content (AvgIpc) is 2.46. The first kappa shape index (κ1) is 14.3. The summed E-state index contributed by atoms with van der Waals surface area (Å²) in [7, 11) is 0. The molecule has 4 fully saturated rings. The Kier molecular flexibility index (Phi) is 3.52. The molecule has 5 heteroatoms. The van der Waals surface area contributed by atoms with Gasteiger partial charge in [-0.15, -0.1) is 0 Å². The number of carbonyl (C=O) groups is 1. The third kappa shape index (κ3) is 2.69. The van der Waals surface area contributed by atoms with E-state index >= 15 is 0 Å². The van der Waals surface area contributed by atoms with Gasteiger partial charge in [0.15, 0.2) is 5.15 Å². The third-order valence-electron chi connectivity index (χ3n) is 5.80. The van der Waals surface area contributed by atoms with Crippen LogP contribution in [0.25, 0.3) is 0 Å². The quantitative estimate of drug-likeness (QED) is 0.825. The lowest BCUT2D eigenvalue weighted by Crippen LogP contribution is -2.51. The van der Waals surface area contributed by atoms with Crippen molar-refractivity contribution >= 4 is 23.3 Å². The molecular weight excluding hydrogens is 298 g/mol. The number of carbonyl (C=O) groups excluding carboxylic acids is 1. The predicted octanol–water partition coefficient (Wildman–Crippen LogP) is 4.07. The first-order valence-corrected chi connectivity index (χ1v) is 8.65. The number of rotatable bonds is 3. The molecule has 118 valence electrons. The Morgan fingerprint density at radius 2 is 1.86 bits per heavy atom. The second-order valence-electron chi connectivity index (χ2n) is 7.57. The number of halogens is 1. The number of urea groups is 1. The lowest BCUT2D eigenvalue weighted by molar-refractivity contribution is -0.0496. The minimum absolute atomic E-state index is 0.175. The van der Waals surface area contributed by atoms with Crippen molar-refractivity contribution in [3.8, 4) is 0 Å². The van der Waals surface area contributed by atoms with E-state index in [2.05, 4.69) is 15.6 Å². The molecule has 0 aliphatic heterocycles. The summed E-state index contributed by atoms with van der Waals surface area (Å²) in [5.41, 5.74) is 0.914. The topological polar surface area (TPSA) is 54.0 Å². The summed E-state index contributed by atoms with van der Waals surface area (Å²) in [6.45, 7) is 0.792. The molecule has 0 spiro atoms. The van der Waals surface area contributed by atoms with Crippen molar-refractivity contribution < 1.29 is 4.79 Å². The minimum atomic E-state index is -0.175. The van der Waals surface area contributed by atoms with Gasteiger partial charge in [0.1, 0.15) is 0 Å². The second-order valence-corrected chi connectivity index (χ2v) is 7.93. The van der Waals surface area contributed by atoms with Crippen LogP contribution in [0.3, 0.4) is 0 Å². The fourth-order valence-corrected chi connectivity index (χ4v) is 5.59. The van der Waals surface area contributed by atoms with Crippen LogP contribution in [0.5, 0.6) is 0 Å². The summed E-state index contributed by atoms with van der Waals surface area (Å²) in [4.78, 5) is 16.1. The first-order chi connectivity index (χ1) is 10.6. The van der Waals surface area contributed by atoms with Gasteiger partial charge in [-0.2, -0.15) is 0 Å². The Morgan fingerprint density at radius 1 is 1.23 bits per heavy atom. The smallest absolute Gasteiger partial charge is 0.319 e. The van der Waals surface area contributed by atoms with Crippen LogP contribution in [0.4, 0.5) is 10.5 Å². The number of anilines is 1. The molecule has 0 radical (unpaired) electrons.